The van der Waals surface area contributed by atoms with Gasteiger partial charge in [-0.25, -0.2) is 4.98 Å². The highest BCUT2D eigenvalue weighted by atomic mass is 32.1. The molecule has 4 nitrogen and oxygen atoms in total. The largest absolute Gasteiger partial charge is 0.343 e. The normalized spacial score (nSPS) is 19.7. The van der Waals surface area contributed by atoms with Crippen molar-refractivity contribution >= 4 is 16.7 Å². The van der Waals surface area contributed by atoms with Crippen LogP contribution in [-0.2, 0) is 5.41 Å². The molecule has 1 aliphatic rings. The van der Waals surface area contributed by atoms with Crippen molar-refractivity contribution in [2.24, 2.45) is 5.73 Å². The average molecular weight is 240 g/mol. The van der Waals surface area contributed by atoms with E-state index in [1.165, 1.54) is 11.5 Å². The minimum atomic E-state index is -0.00638. The van der Waals surface area contributed by atoms with Gasteiger partial charge < -0.3 is 10.6 Å². The summed E-state index contributed by atoms with van der Waals surface area (Å²) in [7, 11) is 0. The Morgan fingerprint density at radius 2 is 2.06 bits per heavy atom. The maximum absolute atomic E-state index is 6.14. The zero-order valence-electron chi connectivity index (χ0n) is 10.4. The van der Waals surface area contributed by atoms with Gasteiger partial charge >= 0.3 is 0 Å². The third-order valence-electron chi connectivity index (χ3n) is 3.07. The summed E-state index contributed by atoms with van der Waals surface area (Å²) < 4.78 is 4.41. The van der Waals surface area contributed by atoms with E-state index in [1.807, 2.05) is 0 Å². The second kappa shape index (κ2) is 3.67. The standard InChI is InChI=1S/C11H20N4S/c1-5-11(12)6-15(7-11)9-13-8(14-16-9)10(2,3)4/h5-7,12H2,1-4H3. The Labute approximate surface area is 101 Å². The van der Waals surface area contributed by atoms with Crippen LogP contribution in [0.25, 0.3) is 0 Å². The van der Waals surface area contributed by atoms with Crippen LogP contribution in [0.4, 0.5) is 5.13 Å². The van der Waals surface area contributed by atoms with Gasteiger partial charge in [-0.1, -0.05) is 27.7 Å². The molecule has 2 rings (SSSR count). The number of nitrogens with zero attached hydrogens (tertiary/aromatic N) is 3. The quantitative estimate of drug-likeness (QED) is 0.856. The summed E-state index contributed by atoms with van der Waals surface area (Å²) in [6.07, 6.45) is 1.02. The van der Waals surface area contributed by atoms with Gasteiger partial charge in [0.25, 0.3) is 0 Å². The van der Waals surface area contributed by atoms with Gasteiger partial charge in [0.1, 0.15) is 5.82 Å². The van der Waals surface area contributed by atoms with Crippen LogP contribution in [0.3, 0.4) is 0 Å². The van der Waals surface area contributed by atoms with E-state index in [9.17, 15) is 0 Å². The van der Waals surface area contributed by atoms with Crippen molar-refractivity contribution in [3.05, 3.63) is 5.82 Å². The molecule has 2 N–H and O–H groups in total. The Morgan fingerprint density at radius 1 is 1.44 bits per heavy atom. The Morgan fingerprint density at radius 3 is 2.50 bits per heavy atom. The van der Waals surface area contributed by atoms with Crippen molar-refractivity contribution in [3.63, 3.8) is 0 Å². The number of rotatable bonds is 2. The zero-order chi connectivity index (χ0) is 12.0. The summed E-state index contributed by atoms with van der Waals surface area (Å²) in [6, 6.07) is 0. The zero-order valence-corrected chi connectivity index (χ0v) is 11.3. The Hall–Kier alpha value is -0.680. The van der Waals surface area contributed by atoms with Crippen LogP contribution in [0, 0.1) is 0 Å². The fourth-order valence-corrected chi connectivity index (χ4v) is 2.58. The summed E-state index contributed by atoms with van der Waals surface area (Å²) in [6.45, 7) is 10.3. The fraction of sp³-hybridized carbons (Fsp3) is 0.818. The molecule has 90 valence electrons. The average Bonchev–Trinajstić information content (AvgIpc) is 2.60. The molecule has 16 heavy (non-hydrogen) atoms. The summed E-state index contributed by atoms with van der Waals surface area (Å²) in [4.78, 5) is 6.80. The molecule has 0 unspecified atom stereocenters. The summed E-state index contributed by atoms with van der Waals surface area (Å²) in [5.41, 5.74) is 6.16. The van der Waals surface area contributed by atoms with Crippen LogP contribution in [0.2, 0.25) is 0 Å². The first kappa shape index (κ1) is 11.8. The molecule has 0 atom stereocenters. The van der Waals surface area contributed by atoms with Crippen LogP contribution in [0.15, 0.2) is 0 Å². The number of nitrogens with two attached hydrogens (primary N) is 1. The SMILES string of the molecule is CCC1(N)CN(c2nc(C(C)(C)C)ns2)C1. The molecule has 1 aromatic rings. The molecule has 0 aliphatic carbocycles. The predicted molar refractivity (Wildman–Crippen MR) is 68.0 cm³/mol. The molecular weight excluding hydrogens is 220 g/mol. The van der Waals surface area contributed by atoms with Gasteiger partial charge in [0.15, 0.2) is 0 Å². The fourth-order valence-electron chi connectivity index (χ4n) is 1.72. The van der Waals surface area contributed by atoms with Crippen molar-refractivity contribution in [2.75, 3.05) is 18.0 Å². The third-order valence-corrected chi connectivity index (χ3v) is 3.85. The van der Waals surface area contributed by atoms with Gasteiger partial charge in [-0.2, -0.15) is 4.37 Å². The van der Waals surface area contributed by atoms with E-state index in [4.69, 9.17) is 5.73 Å². The van der Waals surface area contributed by atoms with Crippen molar-refractivity contribution in [1.82, 2.24) is 9.36 Å². The Bertz CT molecular complexity index is 374. The lowest BCUT2D eigenvalue weighted by atomic mass is 9.89. The molecule has 1 aliphatic heterocycles. The molecule has 1 saturated heterocycles. The lowest BCUT2D eigenvalue weighted by Gasteiger charge is -2.47. The van der Waals surface area contributed by atoms with Gasteiger partial charge in [-0.05, 0) is 6.42 Å². The summed E-state index contributed by atoms with van der Waals surface area (Å²) in [5.74, 6) is 0.929. The van der Waals surface area contributed by atoms with Crippen molar-refractivity contribution in [1.29, 1.82) is 0 Å². The molecule has 0 amide bonds. The molecule has 1 aromatic heterocycles. The highest BCUT2D eigenvalue weighted by Gasteiger charge is 2.39. The highest BCUT2D eigenvalue weighted by molar-refractivity contribution is 7.09. The van der Waals surface area contributed by atoms with Crippen molar-refractivity contribution < 1.29 is 0 Å². The van der Waals surface area contributed by atoms with Gasteiger partial charge in [0.05, 0.1) is 5.54 Å². The first-order chi connectivity index (χ1) is 7.34. The monoisotopic (exact) mass is 240 g/mol. The van der Waals surface area contributed by atoms with Crippen molar-refractivity contribution in [3.8, 4) is 0 Å². The number of hydrogen-bond donors (Lipinski definition) is 1. The molecule has 5 heteroatoms. The lowest BCUT2D eigenvalue weighted by molar-refractivity contribution is 0.321. The maximum atomic E-state index is 6.14. The second-order valence-corrected chi connectivity index (χ2v) is 6.45. The van der Waals surface area contributed by atoms with Gasteiger partial charge in [0.2, 0.25) is 5.13 Å². The van der Waals surface area contributed by atoms with E-state index in [-0.39, 0.29) is 11.0 Å². The maximum Gasteiger partial charge on any atom is 0.205 e. The number of aromatic nitrogens is 2. The number of anilines is 1. The molecule has 0 spiro atoms. The highest BCUT2D eigenvalue weighted by Crippen LogP contribution is 2.31. The topological polar surface area (TPSA) is 55.0 Å². The van der Waals surface area contributed by atoms with Crippen LogP contribution in [-0.4, -0.2) is 28.0 Å². The molecular formula is C11H20N4S. The van der Waals surface area contributed by atoms with Crippen molar-refractivity contribution in [2.45, 2.75) is 45.1 Å². The van der Waals surface area contributed by atoms with Crippen LogP contribution >= 0.6 is 11.5 Å². The van der Waals surface area contributed by atoms with E-state index < -0.39 is 0 Å². The Balaban J connectivity index is 2.06. The first-order valence-electron chi connectivity index (χ1n) is 5.72. The van der Waals surface area contributed by atoms with Gasteiger partial charge in [0, 0.05) is 30.0 Å². The predicted octanol–water partition coefficient (Wildman–Crippen LogP) is 1.76. The van der Waals surface area contributed by atoms with Gasteiger partial charge in [-0.15, -0.1) is 0 Å². The van der Waals surface area contributed by atoms with E-state index in [0.29, 0.717) is 0 Å². The van der Waals surface area contributed by atoms with E-state index in [0.717, 1.165) is 30.5 Å². The second-order valence-electron chi connectivity index (χ2n) is 5.72. The molecule has 0 aromatic carbocycles. The minimum Gasteiger partial charge on any atom is -0.343 e. The third kappa shape index (κ3) is 2.06. The molecule has 0 saturated carbocycles. The smallest absolute Gasteiger partial charge is 0.205 e. The summed E-state index contributed by atoms with van der Waals surface area (Å²) in [5, 5.41) is 1.01. The van der Waals surface area contributed by atoms with E-state index >= 15 is 0 Å². The van der Waals surface area contributed by atoms with Crippen LogP contribution < -0.4 is 10.6 Å². The van der Waals surface area contributed by atoms with Gasteiger partial charge in [-0.3, -0.25) is 0 Å². The summed E-state index contributed by atoms with van der Waals surface area (Å²) >= 11 is 1.48. The van der Waals surface area contributed by atoms with E-state index in [1.54, 1.807) is 0 Å². The lowest BCUT2D eigenvalue weighted by Crippen LogP contribution is -2.67. The van der Waals surface area contributed by atoms with Crippen LogP contribution in [0.5, 0.6) is 0 Å². The molecule has 0 radical (unpaired) electrons. The van der Waals surface area contributed by atoms with E-state index in [2.05, 4.69) is 42.0 Å². The molecule has 0 bridgehead atoms. The first-order valence-corrected chi connectivity index (χ1v) is 6.49. The molecule has 1 fully saturated rings. The van der Waals surface area contributed by atoms with Crippen LogP contribution in [0.1, 0.15) is 39.9 Å². The molecule has 2 heterocycles. The number of hydrogen-bond acceptors (Lipinski definition) is 5. The Kier molecular flexibility index (Phi) is 2.70. The minimum absolute atomic E-state index is 0.00638.